The Morgan fingerprint density at radius 1 is 0.750 bits per heavy atom. The third kappa shape index (κ3) is 9.70. The zero-order valence-corrected chi connectivity index (χ0v) is 21.8. The van der Waals surface area contributed by atoms with Crippen LogP contribution in [0.4, 0.5) is 0 Å². The van der Waals surface area contributed by atoms with Gasteiger partial charge in [0.05, 0.1) is 11.2 Å². The lowest BCUT2D eigenvalue weighted by Gasteiger charge is -2.35. The number of carbonyl (C=O) groups is 2. The Morgan fingerprint density at radius 2 is 1.12 bits per heavy atom. The summed E-state index contributed by atoms with van der Waals surface area (Å²) >= 11 is 0. The van der Waals surface area contributed by atoms with Crippen molar-refractivity contribution in [1.82, 2.24) is 10.6 Å². The van der Waals surface area contributed by atoms with E-state index in [1.807, 2.05) is 55.4 Å². The summed E-state index contributed by atoms with van der Waals surface area (Å²) in [7, 11) is 1.67. The Kier molecular flexibility index (Phi) is 9.49. The molecule has 1 aromatic carbocycles. The molecule has 1 rings (SSSR count). The van der Waals surface area contributed by atoms with Gasteiger partial charge in [-0.2, -0.15) is 0 Å². The molecule has 0 atom stereocenters. The monoisotopic (exact) mass is 448 g/mol. The van der Waals surface area contributed by atoms with Gasteiger partial charge in [-0.1, -0.05) is 6.92 Å². The van der Waals surface area contributed by atoms with E-state index in [4.69, 9.17) is 9.47 Å². The molecular formula is C26H44N2O4. The van der Waals surface area contributed by atoms with Gasteiger partial charge in [0.2, 0.25) is 0 Å². The summed E-state index contributed by atoms with van der Waals surface area (Å²) in [5, 5.41) is 6.15. The van der Waals surface area contributed by atoms with E-state index < -0.39 is 11.1 Å². The second kappa shape index (κ2) is 10.8. The molecule has 0 heterocycles. The van der Waals surface area contributed by atoms with Crippen LogP contribution < -0.4 is 10.6 Å². The van der Waals surface area contributed by atoms with Crippen LogP contribution in [-0.4, -0.2) is 47.8 Å². The maximum Gasteiger partial charge on any atom is 0.251 e. The first kappa shape index (κ1) is 28.1. The van der Waals surface area contributed by atoms with Gasteiger partial charge in [-0.3, -0.25) is 9.59 Å². The minimum absolute atomic E-state index is 0.171. The van der Waals surface area contributed by atoms with E-state index in [9.17, 15) is 9.59 Å². The fraction of sp³-hybridized carbons (Fsp3) is 0.692. The lowest BCUT2D eigenvalue weighted by molar-refractivity contribution is -0.0371. The summed E-state index contributed by atoms with van der Waals surface area (Å²) in [5.74, 6) is -0.348. The highest BCUT2D eigenvalue weighted by molar-refractivity contribution is 5.98. The van der Waals surface area contributed by atoms with Crippen molar-refractivity contribution in [2.24, 2.45) is 0 Å². The van der Waals surface area contributed by atoms with Crippen molar-refractivity contribution in [2.45, 2.75) is 104 Å². The Morgan fingerprint density at radius 3 is 1.47 bits per heavy atom. The Labute approximate surface area is 194 Å². The van der Waals surface area contributed by atoms with E-state index in [0.29, 0.717) is 30.6 Å². The molecule has 0 saturated carbocycles. The molecule has 6 nitrogen and oxygen atoms in total. The first-order valence-electron chi connectivity index (χ1n) is 11.5. The molecular weight excluding hydrogens is 404 g/mol. The van der Waals surface area contributed by atoms with Crippen LogP contribution in [0.15, 0.2) is 24.3 Å². The van der Waals surface area contributed by atoms with Gasteiger partial charge in [0.1, 0.15) is 0 Å². The van der Waals surface area contributed by atoms with Gasteiger partial charge < -0.3 is 20.1 Å². The smallest absolute Gasteiger partial charge is 0.251 e. The fourth-order valence-corrected chi connectivity index (χ4v) is 4.25. The highest BCUT2D eigenvalue weighted by Gasteiger charge is 2.32. The molecule has 0 aromatic heterocycles. The van der Waals surface area contributed by atoms with E-state index in [-0.39, 0.29) is 23.0 Å². The van der Waals surface area contributed by atoms with Crippen molar-refractivity contribution in [3.8, 4) is 0 Å². The number of methoxy groups -OCH3 is 1. The van der Waals surface area contributed by atoms with Gasteiger partial charge in [-0.05, 0) is 98.9 Å². The van der Waals surface area contributed by atoms with Crippen LogP contribution in [0, 0.1) is 0 Å². The van der Waals surface area contributed by atoms with Crippen molar-refractivity contribution >= 4 is 11.8 Å². The Bertz CT molecular complexity index is 765. The van der Waals surface area contributed by atoms with Crippen molar-refractivity contribution < 1.29 is 19.1 Å². The van der Waals surface area contributed by atoms with E-state index in [0.717, 1.165) is 6.42 Å². The maximum absolute atomic E-state index is 12.8. The predicted molar refractivity (Wildman–Crippen MR) is 130 cm³/mol. The highest BCUT2D eigenvalue weighted by atomic mass is 16.5. The van der Waals surface area contributed by atoms with Crippen molar-refractivity contribution in [3.05, 3.63) is 35.4 Å². The SMILES string of the molecule is CCCOC(C)(C)CC(C)(C)NC(=O)c1ccc(C(=O)NC(C)(C)CC(C)(C)OC)cc1. The minimum atomic E-state index is -0.442. The van der Waals surface area contributed by atoms with Crippen molar-refractivity contribution in [2.75, 3.05) is 13.7 Å². The minimum Gasteiger partial charge on any atom is -0.379 e. The topological polar surface area (TPSA) is 76.7 Å². The van der Waals surface area contributed by atoms with Crippen LogP contribution in [0.2, 0.25) is 0 Å². The second-order valence-electron chi connectivity index (χ2n) is 11.2. The molecule has 0 spiro atoms. The first-order valence-corrected chi connectivity index (χ1v) is 11.5. The van der Waals surface area contributed by atoms with Gasteiger partial charge >= 0.3 is 0 Å². The number of nitrogens with one attached hydrogen (secondary N) is 2. The highest BCUT2D eigenvalue weighted by Crippen LogP contribution is 2.25. The standard InChI is InChI=1S/C26H44N2O4/c1-11-16-32-26(8,9)18-24(4,5)28-22(30)20-14-12-19(13-15-20)21(29)27-23(2,3)17-25(6,7)31-10/h12-15H,11,16-18H2,1-10H3,(H,27,29)(H,28,30). The predicted octanol–water partition coefficient (Wildman–Crippen LogP) is 5.11. The average Bonchev–Trinajstić information content (AvgIpc) is 2.64. The lowest BCUT2D eigenvalue weighted by Crippen LogP contribution is -2.48. The molecule has 32 heavy (non-hydrogen) atoms. The molecule has 182 valence electrons. The molecule has 2 N–H and O–H groups in total. The molecule has 0 saturated heterocycles. The quantitative estimate of drug-likeness (QED) is 0.466. The van der Waals surface area contributed by atoms with Crippen molar-refractivity contribution in [1.29, 1.82) is 0 Å². The largest absolute Gasteiger partial charge is 0.379 e. The molecule has 0 bridgehead atoms. The molecule has 0 unspecified atom stereocenters. The maximum atomic E-state index is 12.8. The average molecular weight is 449 g/mol. The molecule has 0 fully saturated rings. The van der Waals surface area contributed by atoms with Gasteiger partial charge in [0.25, 0.3) is 11.8 Å². The van der Waals surface area contributed by atoms with E-state index in [1.54, 1.807) is 31.4 Å². The lowest BCUT2D eigenvalue weighted by atomic mass is 9.88. The number of hydrogen-bond acceptors (Lipinski definition) is 4. The normalized spacial score (nSPS) is 13.1. The molecule has 1 aromatic rings. The van der Waals surface area contributed by atoms with Gasteiger partial charge in [-0.25, -0.2) is 0 Å². The van der Waals surface area contributed by atoms with Gasteiger partial charge in [0.15, 0.2) is 0 Å². The zero-order valence-electron chi connectivity index (χ0n) is 21.8. The Hall–Kier alpha value is -1.92. The summed E-state index contributed by atoms with van der Waals surface area (Å²) in [6.45, 7) is 18.8. The van der Waals surface area contributed by atoms with E-state index in [2.05, 4.69) is 17.6 Å². The van der Waals surface area contributed by atoms with Crippen LogP contribution >= 0.6 is 0 Å². The third-order valence-electron chi connectivity index (χ3n) is 5.30. The summed E-state index contributed by atoms with van der Waals surface area (Å²) in [6, 6.07) is 6.74. The Balaban J connectivity index is 2.78. The molecule has 0 aliphatic carbocycles. The van der Waals surface area contributed by atoms with Crippen molar-refractivity contribution in [3.63, 3.8) is 0 Å². The van der Waals surface area contributed by atoms with E-state index >= 15 is 0 Å². The molecule has 0 aliphatic rings. The number of rotatable bonds is 12. The van der Waals surface area contributed by atoms with Crippen LogP contribution in [0.5, 0.6) is 0 Å². The number of amides is 2. The number of benzene rings is 1. The zero-order chi connectivity index (χ0) is 24.8. The van der Waals surface area contributed by atoms with Gasteiger partial charge in [-0.15, -0.1) is 0 Å². The van der Waals surface area contributed by atoms with Crippen LogP contribution in [-0.2, 0) is 9.47 Å². The summed E-state index contributed by atoms with van der Waals surface area (Å²) in [5.41, 5.74) is -0.535. The van der Waals surface area contributed by atoms with Crippen LogP contribution in [0.3, 0.4) is 0 Å². The summed E-state index contributed by atoms with van der Waals surface area (Å²) in [6.07, 6.45) is 2.30. The molecule has 2 amide bonds. The number of hydrogen-bond donors (Lipinski definition) is 2. The summed E-state index contributed by atoms with van der Waals surface area (Å²) in [4.78, 5) is 25.5. The van der Waals surface area contributed by atoms with Crippen LogP contribution in [0.25, 0.3) is 0 Å². The van der Waals surface area contributed by atoms with Crippen LogP contribution in [0.1, 0.15) is 102 Å². The van der Waals surface area contributed by atoms with E-state index in [1.165, 1.54) is 0 Å². The first-order chi connectivity index (χ1) is 14.5. The number of carbonyl (C=O) groups excluding carboxylic acids is 2. The number of ether oxygens (including phenoxy) is 2. The molecule has 0 aliphatic heterocycles. The summed E-state index contributed by atoms with van der Waals surface area (Å²) < 4.78 is 11.4. The molecule has 6 heteroatoms. The fourth-order valence-electron chi connectivity index (χ4n) is 4.25. The van der Waals surface area contributed by atoms with Gasteiger partial charge in [0, 0.05) is 35.9 Å². The molecule has 0 radical (unpaired) electrons. The third-order valence-corrected chi connectivity index (χ3v) is 5.30. The second-order valence-corrected chi connectivity index (χ2v) is 11.2.